The van der Waals surface area contributed by atoms with Crippen molar-refractivity contribution in [2.24, 2.45) is 7.05 Å². The highest BCUT2D eigenvalue weighted by Gasteiger charge is 2.50. The van der Waals surface area contributed by atoms with Gasteiger partial charge in [-0.15, -0.1) is 0 Å². The SMILES string of the molecule is Cn1cc(CCC(=O)N2CCC[C@]3(CCC(=O)N3)[C@H]2c2cccc(F)c2)c2ccccc21. The predicted molar refractivity (Wildman–Crippen MR) is 121 cm³/mol. The van der Waals surface area contributed by atoms with Crippen LogP contribution in [0.25, 0.3) is 10.9 Å². The van der Waals surface area contributed by atoms with Gasteiger partial charge in [0, 0.05) is 43.5 Å². The zero-order valence-corrected chi connectivity index (χ0v) is 18.3. The molecule has 2 atom stereocenters. The number of para-hydroxylation sites is 1. The molecule has 1 N–H and O–H groups in total. The Morgan fingerprint density at radius 3 is 2.81 bits per heavy atom. The molecule has 2 amide bonds. The average Bonchev–Trinajstić information content (AvgIpc) is 3.31. The molecule has 3 aromatic rings. The number of hydrogen-bond acceptors (Lipinski definition) is 2. The van der Waals surface area contributed by atoms with Gasteiger partial charge in [0.1, 0.15) is 5.82 Å². The third-order valence-corrected chi connectivity index (χ3v) is 7.12. The van der Waals surface area contributed by atoms with Gasteiger partial charge in [0.25, 0.3) is 0 Å². The Kier molecular flexibility index (Phi) is 5.24. The van der Waals surface area contributed by atoms with Crippen molar-refractivity contribution >= 4 is 22.7 Å². The number of amides is 2. The Hall–Kier alpha value is -3.15. The number of aryl methyl sites for hydroxylation is 2. The predicted octanol–water partition coefficient (Wildman–Crippen LogP) is 4.26. The van der Waals surface area contributed by atoms with Crippen LogP contribution in [0.4, 0.5) is 4.39 Å². The molecule has 2 aromatic carbocycles. The van der Waals surface area contributed by atoms with Crippen LogP contribution in [-0.4, -0.2) is 33.4 Å². The number of nitrogens with one attached hydrogen (secondary N) is 1. The van der Waals surface area contributed by atoms with Crippen molar-refractivity contribution in [1.29, 1.82) is 0 Å². The van der Waals surface area contributed by atoms with Crippen LogP contribution in [0.15, 0.2) is 54.7 Å². The zero-order valence-electron chi connectivity index (χ0n) is 18.3. The van der Waals surface area contributed by atoms with Gasteiger partial charge in [-0.2, -0.15) is 0 Å². The maximum absolute atomic E-state index is 14.1. The second-order valence-electron chi connectivity index (χ2n) is 9.13. The lowest BCUT2D eigenvalue weighted by atomic mass is 9.76. The monoisotopic (exact) mass is 433 g/mol. The molecule has 5 nitrogen and oxygen atoms in total. The first-order valence-electron chi connectivity index (χ1n) is 11.4. The minimum atomic E-state index is -0.516. The summed E-state index contributed by atoms with van der Waals surface area (Å²) < 4.78 is 16.2. The Labute approximate surface area is 187 Å². The molecule has 6 heteroatoms. The maximum Gasteiger partial charge on any atom is 0.223 e. The van der Waals surface area contributed by atoms with Gasteiger partial charge in [-0.3, -0.25) is 9.59 Å². The Bertz CT molecular complexity index is 1190. The van der Waals surface area contributed by atoms with Crippen LogP contribution in [0.1, 0.15) is 49.3 Å². The third kappa shape index (κ3) is 3.57. The average molecular weight is 434 g/mol. The zero-order chi connectivity index (χ0) is 22.3. The minimum Gasteiger partial charge on any atom is -0.350 e. The van der Waals surface area contributed by atoms with Crippen LogP contribution < -0.4 is 5.32 Å². The molecule has 1 aromatic heterocycles. The summed E-state index contributed by atoms with van der Waals surface area (Å²) in [5.41, 5.74) is 2.54. The molecule has 166 valence electrons. The highest BCUT2D eigenvalue weighted by atomic mass is 19.1. The number of hydrogen-bond donors (Lipinski definition) is 1. The van der Waals surface area contributed by atoms with E-state index in [9.17, 15) is 14.0 Å². The Morgan fingerprint density at radius 1 is 1.19 bits per heavy atom. The van der Waals surface area contributed by atoms with Crippen LogP contribution >= 0.6 is 0 Å². The van der Waals surface area contributed by atoms with Crippen molar-refractivity contribution < 1.29 is 14.0 Å². The summed E-state index contributed by atoms with van der Waals surface area (Å²) in [6.07, 6.45) is 5.86. The molecule has 5 rings (SSSR count). The van der Waals surface area contributed by atoms with E-state index in [0.717, 1.165) is 29.5 Å². The van der Waals surface area contributed by atoms with Crippen molar-refractivity contribution in [3.8, 4) is 0 Å². The lowest BCUT2D eigenvalue weighted by Crippen LogP contribution is -2.58. The van der Waals surface area contributed by atoms with Crippen LogP contribution in [0.5, 0.6) is 0 Å². The van der Waals surface area contributed by atoms with E-state index in [4.69, 9.17) is 0 Å². The fourth-order valence-electron chi connectivity index (χ4n) is 5.72. The van der Waals surface area contributed by atoms with E-state index in [0.29, 0.717) is 32.2 Å². The standard InChI is InChI=1S/C26H28FN3O2/c1-29-17-19(21-8-2-3-9-22(21)29)10-11-24(32)30-15-5-13-26(14-12-23(31)28-26)25(30)18-6-4-7-20(27)16-18/h2-4,6-9,16-17,25H,5,10-15H2,1H3,(H,28,31)/t25-,26+/m1/s1. The van der Waals surface area contributed by atoms with Crippen molar-refractivity contribution in [2.45, 2.75) is 50.1 Å². The molecule has 0 aliphatic carbocycles. The molecule has 0 unspecified atom stereocenters. The number of nitrogens with zero attached hydrogens (tertiary/aromatic N) is 2. The van der Waals surface area contributed by atoms with E-state index in [2.05, 4.69) is 28.2 Å². The maximum atomic E-state index is 14.1. The van der Waals surface area contributed by atoms with Crippen LogP contribution in [0.3, 0.4) is 0 Å². The van der Waals surface area contributed by atoms with E-state index in [1.807, 2.05) is 30.1 Å². The fourth-order valence-corrected chi connectivity index (χ4v) is 5.72. The summed E-state index contributed by atoms with van der Waals surface area (Å²) in [6, 6.07) is 14.3. The highest BCUT2D eigenvalue weighted by molar-refractivity contribution is 5.85. The molecule has 0 radical (unpaired) electrons. The van der Waals surface area contributed by atoms with Crippen LogP contribution in [0.2, 0.25) is 0 Å². The number of aromatic nitrogens is 1. The second-order valence-corrected chi connectivity index (χ2v) is 9.13. The van der Waals surface area contributed by atoms with E-state index in [1.165, 1.54) is 17.5 Å². The quantitative estimate of drug-likeness (QED) is 0.668. The highest BCUT2D eigenvalue weighted by Crippen LogP contribution is 2.45. The molecule has 3 heterocycles. The number of rotatable bonds is 4. The van der Waals surface area contributed by atoms with Gasteiger partial charge in [0.15, 0.2) is 0 Å². The first kappa shape index (κ1) is 20.7. The van der Waals surface area contributed by atoms with Crippen molar-refractivity contribution in [1.82, 2.24) is 14.8 Å². The number of piperidine rings is 1. The number of benzene rings is 2. The van der Waals surface area contributed by atoms with Gasteiger partial charge in [0.2, 0.25) is 11.8 Å². The fraction of sp³-hybridized carbons (Fsp3) is 0.385. The van der Waals surface area contributed by atoms with Gasteiger partial charge in [-0.05, 0) is 55.0 Å². The molecule has 2 saturated heterocycles. The van der Waals surface area contributed by atoms with E-state index >= 15 is 0 Å². The van der Waals surface area contributed by atoms with Gasteiger partial charge in [-0.1, -0.05) is 30.3 Å². The summed E-state index contributed by atoms with van der Waals surface area (Å²) in [6.45, 7) is 0.618. The largest absolute Gasteiger partial charge is 0.350 e. The third-order valence-electron chi connectivity index (χ3n) is 7.12. The Balaban J connectivity index is 1.43. The van der Waals surface area contributed by atoms with Crippen molar-refractivity contribution in [3.05, 3.63) is 71.7 Å². The van der Waals surface area contributed by atoms with Crippen molar-refractivity contribution in [2.75, 3.05) is 6.54 Å². The lowest BCUT2D eigenvalue weighted by Gasteiger charge is -2.48. The van der Waals surface area contributed by atoms with Gasteiger partial charge >= 0.3 is 0 Å². The lowest BCUT2D eigenvalue weighted by molar-refractivity contribution is -0.138. The Morgan fingerprint density at radius 2 is 2.03 bits per heavy atom. The summed E-state index contributed by atoms with van der Waals surface area (Å²) in [4.78, 5) is 27.6. The topological polar surface area (TPSA) is 54.3 Å². The summed E-state index contributed by atoms with van der Waals surface area (Å²) in [7, 11) is 2.02. The minimum absolute atomic E-state index is 0.0106. The van der Waals surface area contributed by atoms with Gasteiger partial charge in [0.05, 0.1) is 11.6 Å². The number of likely N-dealkylation sites (tertiary alicyclic amines) is 1. The van der Waals surface area contributed by atoms with Crippen LogP contribution in [-0.2, 0) is 23.1 Å². The molecule has 2 aliphatic rings. The first-order chi connectivity index (χ1) is 15.5. The summed E-state index contributed by atoms with van der Waals surface area (Å²) in [5.74, 6) is -0.264. The van der Waals surface area contributed by atoms with E-state index < -0.39 is 5.54 Å². The van der Waals surface area contributed by atoms with Gasteiger partial charge < -0.3 is 14.8 Å². The number of fused-ring (bicyclic) bond motifs is 1. The molecule has 2 aliphatic heterocycles. The smallest absolute Gasteiger partial charge is 0.223 e. The second kappa shape index (κ2) is 8.08. The summed E-state index contributed by atoms with van der Waals surface area (Å²) >= 11 is 0. The van der Waals surface area contributed by atoms with Crippen molar-refractivity contribution in [3.63, 3.8) is 0 Å². The molecular formula is C26H28FN3O2. The normalized spacial score (nSPS) is 23.1. The van der Waals surface area contributed by atoms with E-state index in [1.54, 1.807) is 6.07 Å². The number of halogens is 1. The number of carbonyl (C=O) groups excluding carboxylic acids is 2. The molecular weight excluding hydrogens is 405 g/mol. The molecule has 32 heavy (non-hydrogen) atoms. The first-order valence-corrected chi connectivity index (χ1v) is 11.4. The molecule has 0 bridgehead atoms. The van der Waals surface area contributed by atoms with E-state index in [-0.39, 0.29) is 23.7 Å². The molecule has 1 spiro atoms. The summed E-state index contributed by atoms with van der Waals surface area (Å²) in [5, 5.41) is 4.33. The number of carbonyl (C=O) groups is 2. The molecule has 0 saturated carbocycles. The van der Waals surface area contributed by atoms with Gasteiger partial charge in [-0.25, -0.2) is 4.39 Å². The van der Waals surface area contributed by atoms with Crippen LogP contribution in [0, 0.1) is 5.82 Å². The molecule has 2 fully saturated rings.